The third kappa shape index (κ3) is 3.81. The lowest BCUT2D eigenvalue weighted by molar-refractivity contribution is -0.151. The van der Waals surface area contributed by atoms with E-state index in [1.165, 1.54) is 42.6 Å². The van der Waals surface area contributed by atoms with E-state index in [-0.39, 0.29) is 28.6 Å². The largest absolute Gasteiger partial charge is 0.390 e. The average Bonchev–Trinajstić information content (AvgIpc) is 3.32. The lowest BCUT2D eigenvalue weighted by Gasteiger charge is -2.61. The molecule has 0 aliphatic heterocycles. The number of nitrogens with zero attached hydrogens (tertiary/aromatic N) is 2. The monoisotopic (exact) mass is 476 g/mol. The Hall–Kier alpha value is -1.21. The molecule has 1 aromatic heterocycles. The highest BCUT2D eigenvalue weighted by atomic mass is 32.2. The van der Waals surface area contributed by atoms with Crippen LogP contribution in [0.4, 0.5) is 0 Å². The molecule has 4 aliphatic carbocycles. The smallest absolute Gasteiger partial charge is 0.178 e. The summed E-state index contributed by atoms with van der Waals surface area (Å²) in [5, 5.41) is 14.8. The van der Waals surface area contributed by atoms with Crippen LogP contribution in [0.3, 0.4) is 0 Å². The Labute approximate surface area is 198 Å². The molecule has 1 heterocycles. The van der Waals surface area contributed by atoms with Crippen molar-refractivity contribution in [3.05, 3.63) is 12.4 Å². The van der Waals surface area contributed by atoms with Gasteiger partial charge in [0, 0.05) is 18.4 Å². The number of ketones is 1. The molecule has 6 nitrogen and oxygen atoms in total. The summed E-state index contributed by atoms with van der Waals surface area (Å²) in [6.07, 6.45) is 13.8. The number of aromatic nitrogens is 2. The molecule has 33 heavy (non-hydrogen) atoms. The van der Waals surface area contributed by atoms with Gasteiger partial charge in [0.15, 0.2) is 15.6 Å². The number of Topliss-reactive ketones (excluding diaryl/α,β-unsaturated/α-hetero) is 1. The maximum atomic E-state index is 13.4. The number of sulfone groups is 1. The minimum Gasteiger partial charge on any atom is -0.390 e. The van der Waals surface area contributed by atoms with Gasteiger partial charge in [0.2, 0.25) is 0 Å². The normalized spacial score (nSPS) is 45.2. The number of hydrogen-bond donors (Lipinski definition) is 1. The molecule has 8 atom stereocenters. The van der Waals surface area contributed by atoms with Gasteiger partial charge in [-0.25, -0.2) is 8.42 Å². The summed E-state index contributed by atoms with van der Waals surface area (Å²) in [6.45, 7) is 7.03. The zero-order valence-electron chi connectivity index (χ0n) is 20.6. The molecule has 4 saturated carbocycles. The molecule has 0 spiro atoms. The third-order valence-electron chi connectivity index (χ3n) is 10.7. The summed E-state index contributed by atoms with van der Waals surface area (Å²) in [6, 6.07) is 0. The van der Waals surface area contributed by atoms with Gasteiger partial charge in [-0.15, -0.1) is 0 Å². The molecule has 1 aromatic rings. The second-order valence-electron chi connectivity index (χ2n) is 12.6. The van der Waals surface area contributed by atoms with Crippen molar-refractivity contribution >= 4 is 15.6 Å². The van der Waals surface area contributed by atoms with Crippen molar-refractivity contribution in [1.82, 2.24) is 9.78 Å². The fourth-order valence-corrected chi connectivity index (χ4v) is 9.40. The zero-order chi connectivity index (χ0) is 23.8. The summed E-state index contributed by atoms with van der Waals surface area (Å²) in [5.74, 6) is 2.85. The highest BCUT2D eigenvalue weighted by Crippen LogP contribution is 2.68. The summed E-state index contributed by atoms with van der Waals surface area (Å²) < 4.78 is 25.0. The van der Waals surface area contributed by atoms with Crippen LogP contribution >= 0.6 is 0 Å². The molecule has 0 aromatic carbocycles. The maximum Gasteiger partial charge on any atom is 0.178 e. The molecule has 0 saturated heterocycles. The second-order valence-corrected chi connectivity index (χ2v) is 14.7. The number of fused-ring (bicyclic) bond motifs is 5. The summed E-state index contributed by atoms with van der Waals surface area (Å²) >= 11 is 0. The molecule has 0 radical (unpaired) electrons. The Morgan fingerprint density at radius 3 is 2.48 bits per heavy atom. The number of rotatable bonds is 4. The predicted octanol–water partition coefficient (Wildman–Crippen LogP) is 4.27. The Bertz CT molecular complexity index is 1050. The van der Waals surface area contributed by atoms with Gasteiger partial charge in [0.25, 0.3) is 0 Å². The number of aliphatic hydroxyl groups is 1. The van der Waals surface area contributed by atoms with Crippen LogP contribution in [0.2, 0.25) is 0 Å². The topological polar surface area (TPSA) is 89.3 Å². The van der Waals surface area contributed by atoms with E-state index in [0.717, 1.165) is 38.5 Å². The van der Waals surface area contributed by atoms with Crippen molar-refractivity contribution in [2.75, 3.05) is 6.26 Å². The van der Waals surface area contributed by atoms with Gasteiger partial charge in [-0.2, -0.15) is 5.10 Å². The van der Waals surface area contributed by atoms with E-state index >= 15 is 0 Å². The van der Waals surface area contributed by atoms with E-state index in [0.29, 0.717) is 29.1 Å². The van der Waals surface area contributed by atoms with E-state index in [2.05, 4.69) is 18.9 Å². The molecule has 4 aliphatic rings. The zero-order valence-corrected chi connectivity index (χ0v) is 21.4. The molecule has 1 N–H and O–H groups in total. The van der Waals surface area contributed by atoms with Gasteiger partial charge in [-0.05, 0) is 99.2 Å². The van der Waals surface area contributed by atoms with Gasteiger partial charge >= 0.3 is 0 Å². The van der Waals surface area contributed by atoms with E-state index in [4.69, 9.17) is 0 Å². The third-order valence-corrected chi connectivity index (χ3v) is 11.8. The first kappa shape index (κ1) is 23.5. The second kappa shape index (κ2) is 7.64. The van der Waals surface area contributed by atoms with Crippen LogP contribution in [0.15, 0.2) is 17.3 Å². The molecule has 0 unspecified atom stereocenters. The van der Waals surface area contributed by atoms with E-state index in [1.54, 1.807) is 0 Å². The fraction of sp³-hybridized carbons (Fsp3) is 0.846. The van der Waals surface area contributed by atoms with E-state index < -0.39 is 15.4 Å². The summed E-state index contributed by atoms with van der Waals surface area (Å²) in [5.41, 5.74) is -0.144. The molecular weight excluding hydrogens is 436 g/mol. The van der Waals surface area contributed by atoms with Gasteiger partial charge in [0.1, 0.15) is 4.90 Å². The van der Waals surface area contributed by atoms with Crippen LogP contribution < -0.4 is 0 Å². The first-order chi connectivity index (χ1) is 15.3. The van der Waals surface area contributed by atoms with Crippen LogP contribution in [0.5, 0.6) is 0 Å². The molecular formula is C26H40N2O4S. The molecule has 0 amide bonds. The average molecular weight is 477 g/mol. The fourth-order valence-electron chi connectivity index (χ4n) is 8.85. The highest BCUT2D eigenvalue weighted by molar-refractivity contribution is 7.90. The summed E-state index contributed by atoms with van der Waals surface area (Å²) in [4.78, 5) is 13.6. The van der Waals surface area contributed by atoms with Gasteiger partial charge in [0.05, 0.1) is 18.3 Å². The Kier molecular flexibility index (Phi) is 5.45. The first-order valence-electron chi connectivity index (χ1n) is 12.8. The number of carbonyl (C=O) groups excluding carboxylic acids is 1. The van der Waals surface area contributed by atoms with Gasteiger partial charge in [-0.3, -0.25) is 9.48 Å². The van der Waals surface area contributed by atoms with E-state index in [1.807, 2.05) is 6.92 Å². The van der Waals surface area contributed by atoms with E-state index in [9.17, 15) is 18.3 Å². The maximum absolute atomic E-state index is 13.4. The van der Waals surface area contributed by atoms with Crippen LogP contribution in [-0.2, 0) is 21.2 Å². The van der Waals surface area contributed by atoms with Crippen LogP contribution in [0.25, 0.3) is 0 Å². The first-order valence-corrected chi connectivity index (χ1v) is 14.7. The van der Waals surface area contributed by atoms with Crippen molar-refractivity contribution in [3.8, 4) is 0 Å². The molecule has 4 fully saturated rings. The van der Waals surface area contributed by atoms with Crippen LogP contribution in [0, 0.1) is 40.4 Å². The summed E-state index contributed by atoms with van der Waals surface area (Å²) in [7, 11) is -3.31. The van der Waals surface area contributed by atoms with Crippen LogP contribution in [-0.4, -0.2) is 40.9 Å². The Balaban J connectivity index is 1.32. The number of carbonyl (C=O) groups is 1. The number of hydrogen-bond acceptors (Lipinski definition) is 5. The highest BCUT2D eigenvalue weighted by Gasteiger charge is 2.61. The van der Waals surface area contributed by atoms with Crippen LogP contribution in [0.1, 0.15) is 78.6 Å². The van der Waals surface area contributed by atoms with Crippen molar-refractivity contribution in [1.29, 1.82) is 0 Å². The molecule has 7 heteroatoms. The molecule has 184 valence electrons. The minimum atomic E-state index is -3.31. The minimum absolute atomic E-state index is 0.0342. The van der Waals surface area contributed by atoms with Crippen molar-refractivity contribution < 1.29 is 18.3 Å². The van der Waals surface area contributed by atoms with Crippen molar-refractivity contribution in [2.45, 2.75) is 95.6 Å². The lowest BCUT2D eigenvalue weighted by Crippen LogP contribution is -2.55. The van der Waals surface area contributed by atoms with Crippen molar-refractivity contribution in [2.24, 2.45) is 40.4 Å². The molecule has 0 bridgehead atoms. The lowest BCUT2D eigenvalue weighted by atomic mass is 9.44. The Morgan fingerprint density at radius 2 is 1.79 bits per heavy atom. The standard InChI is InChI=1S/C26H40N2O4S/c1-24(30)11-12-25(2)17(13-24)5-6-19-20-7-8-22(26(20,3)10-9-21(19)25)23(29)16-28-15-18(14-27-28)33(4,31)32/h14-15,17,19-22,30H,5-13,16H2,1-4H3/t17-,19+,20+,21+,22-,24-,25+,26+/m1/s1. The predicted molar refractivity (Wildman–Crippen MR) is 126 cm³/mol. The van der Waals surface area contributed by atoms with Gasteiger partial charge in [-0.1, -0.05) is 13.8 Å². The van der Waals surface area contributed by atoms with Gasteiger partial charge < -0.3 is 5.11 Å². The molecule has 5 rings (SSSR count). The Morgan fingerprint density at radius 1 is 1.06 bits per heavy atom. The quantitative estimate of drug-likeness (QED) is 0.701. The van der Waals surface area contributed by atoms with Crippen molar-refractivity contribution in [3.63, 3.8) is 0 Å². The SMILES string of the molecule is C[C@@]1(O)CC[C@@]2(C)[C@H](CC[C@@H]3[C@@H]2CC[C@]2(C)[C@@H](C(=O)Cn4cc(S(C)(=O)=O)cn4)CC[C@@H]32)C1.